The van der Waals surface area contributed by atoms with Crippen molar-refractivity contribution in [2.45, 2.75) is 0 Å². The Bertz CT molecular complexity index is 522. The fraction of sp³-hybridized carbons (Fsp3) is 0.182. The summed E-state index contributed by atoms with van der Waals surface area (Å²) in [5.74, 6) is 0.347. The Morgan fingerprint density at radius 3 is 2.69 bits per heavy atom. The maximum absolute atomic E-state index is 13.0. The fourth-order valence-corrected chi connectivity index (χ4v) is 1.70. The second-order valence-corrected chi connectivity index (χ2v) is 3.82. The molecule has 1 aromatic heterocycles. The van der Waals surface area contributed by atoms with Crippen LogP contribution >= 0.6 is 11.6 Å². The van der Waals surface area contributed by atoms with Crippen LogP contribution in [0.2, 0.25) is 5.02 Å². The predicted molar refractivity (Wildman–Crippen MR) is 63.2 cm³/mol. The summed E-state index contributed by atoms with van der Waals surface area (Å²) < 4.78 is 14.7. The molecule has 16 heavy (non-hydrogen) atoms. The Labute approximate surface area is 97.8 Å². The molecule has 0 atom stereocenters. The van der Waals surface area contributed by atoms with Gasteiger partial charge in [0.25, 0.3) is 0 Å². The molecule has 2 rings (SSSR count). The maximum Gasteiger partial charge on any atom is 0.148 e. The lowest BCUT2D eigenvalue weighted by Gasteiger charge is -2.02. The van der Waals surface area contributed by atoms with Crippen molar-refractivity contribution in [1.29, 1.82) is 0 Å². The van der Waals surface area contributed by atoms with Crippen LogP contribution in [0.25, 0.3) is 11.3 Å². The normalized spacial score (nSPS) is 10.5. The highest BCUT2D eigenvalue weighted by atomic mass is 35.5. The zero-order valence-electron chi connectivity index (χ0n) is 8.96. The monoisotopic (exact) mass is 239 g/mol. The minimum Gasteiger partial charge on any atom is -0.372 e. The number of hydrogen-bond donors (Lipinski definition) is 1. The molecule has 0 aliphatic rings. The molecule has 84 valence electrons. The molecule has 0 saturated heterocycles. The number of aromatic nitrogens is 2. The summed E-state index contributed by atoms with van der Waals surface area (Å²) in [5, 5.41) is 7.29. The Hall–Kier alpha value is -1.55. The van der Waals surface area contributed by atoms with Crippen molar-refractivity contribution in [2.75, 3.05) is 12.4 Å². The smallest absolute Gasteiger partial charge is 0.148 e. The Balaban J connectivity index is 2.49. The van der Waals surface area contributed by atoms with Crippen molar-refractivity contribution >= 4 is 17.4 Å². The van der Waals surface area contributed by atoms with Crippen LogP contribution in [0.3, 0.4) is 0 Å². The molecule has 2 aromatic rings. The Morgan fingerprint density at radius 2 is 2.12 bits per heavy atom. The van der Waals surface area contributed by atoms with Crippen molar-refractivity contribution in [1.82, 2.24) is 9.78 Å². The van der Waals surface area contributed by atoms with Gasteiger partial charge in [-0.3, -0.25) is 4.68 Å². The van der Waals surface area contributed by atoms with Crippen LogP contribution in [0.4, 0.5) is 10.2 Å². The first-order valence-corrected chi connectivity index (χ1v) is 5.17. The number of benzene rings is 1. The molecule has 1 aromatic carbocycles. The number of rotatable bonds is 2. The van der Waals surface area contributed by atoms with E-state index in [1.54, 1.807) is 23.9 Å². The lowest BCUT2D eigenvalue weighted by atomic mass is 10.1. The zero-order chi connectivity index (χ0) is 11.7. The van der Waals surface area contributed by atoms with Crippen molar-refractivity contribution < 1.29 is 4.39 Å². The van der Waals surface area contributed by atoms with Crippen molar-refractivity contribution in [3.63, 3.8) is 0 Å². The molecule has 0 spiro atoms. The fourth-order valence-electron chi connectivity index (χ4n) is 1.52. The quantitative estimate of drug-likeness (QED) is 0.873. The van der Waals surface area contributed by atoms with E-state index >= 15 is 0 Å². The molecule has 0 bridgehead atoms. The first-order chi connectivity index (χ1) is 7.61. The van der Waals surface area contributed by atoms with E-state index in [0.29, 0.717) is 0 Å². The van der Waals surface area contributed by atoms with Crippen LogP contribution in [0.15, 0.2) is 24.3 Å². The number of hydrogen-bond acceptors (Lipinski definition) is 2. The van der Waals surface area contributed by atoms with Crippen LogP contribution in [-0.4, -0.2) is 16.8 Å². The van der Waals surface area contributed by atoms with Crippen LogP contribution in [0, 0.1) is 5.82 Å². The summed E-state index contributed by atoms with van der Waals surface area (Å²) >= 11 is 5.74. The van der Waals surface area contributed by atoms with Gasteiger partial charge in [-0.05, 0) is 18.2 Å². The third-order valence-electron chi connectivity index (χ3n) is 2.35. The molecule has 0 saturated carbocycles. The minimum atomic E-state index is -0.415. The Morgan fingerprint density at radius 1 is 1.38 bits per heavy atom. The molecule has 1 N–H and O–H groups in total. The molecule has 0 aliphatic carbocycles. The van der Waals surface area contributed by atoms with Crippen molar-refractivity contribution in [2.24, 2.45) is 7.05 Å². The summed E-state index contributed by atoms with van der Waals surface area (Å²) in [4.78, 5) is 0. The van der Waals surface area contributed by atoms with E-state index in [1.807, 2.05) is 13.1 Å². The van der Waals surface area contributed by atoms with Crippen LogP contribution in [0.1, 0.15) is 0 Å². The second kappa shape index (κ2) is 4.14. The van der Waals surface area contributed by atoms with Gasteiger partial charge in [0.2, 0.25) is 0 Å². The topological polar surface area (TPSA) is 29.9 Å². The molecule has 0 radical (unpaired) electrons. The van der Waals surface area contributed by atoms with Gasteiger partial charge in [0.15, 0.2) is 0 Å². The SMILES string of the molecule is CNc1cc(-c2ccc(F)c(Cl)c2)n(C)n1. The van der Waals surface area contributed by atoms with Gasteiger partial charge in [0.1, 0.15) is 11.6 Å². The average molecular weight is 240 g/mol. The molecular weight excluding hydrogens is 229 g/mol. The lowest BCUT2D eigenvalue weighted by molar-refractivity contribution is 0.628. The van der Waals surface area contributed by atoms with Gasteiger partial charge in [-0.15, -0.1) is 0 Å². The molecule has 0 fully saturated rings. The molecule has 3 nitrogen and oxygen atoms in total. The van der Waals surface area contributed by atoms with E-state index in [9.17, 15) is 4.39 Å². The standard InChI is InChI=1S/C11H11ClFN3/c1-14-11-6-10(16(2)15-11)7-3-4-9(13)8(12)5-7/h3-6H,1-2H3,(H,14,15). The van der Waals surface area contributed by atoms with E-state index < -0.39 is 5.82 Å². The van der Waals surface area contributed by atoms with Crippen molar-refractivity contribution in [3.8, 4) is 11.3 Å². The maximum atomic E-state index is 13.0. The van der Waals surface area contributed by atoms with E-state index in [2.05, 4.69) is 10.4 Å². The third kappa shape index (κ3) is 1.88. The first-order valence-electron chi connectivity index (χ1n) is 4.79. The highest BCUT2D eigenvalue weighted by Gasteiger charge is 2.08. The average Bonchev–Trinajstić information content (AvgIpc) is 2.64. The summed E-state index contributed by atoms with van der Waals surface area (Å²) in [6, 6.07) is 6.50. The minimum absolute atomic E-state index is 0.115. The zero-order valence-corrected chi connectivity index (χ0v) is 9.72. The Kier molecular flexibility index (Phi) is 2.83. The third-order valence-corrected chi connectivity index (χ3v) is 2.64. The summed E-state index contributed by atoms with van der Waals surface area (Å²) in [7, 11) is 3.62. The number of nitrogens with one attached hydrogen (secondary N) is 1. The van der Waals surface area contributed by atoms with Gasteiger partial charge in [-0.25, -0.2) is 4.39 Å². The van der Waals surface area contributed by atoms with E-state index in [-0.39, 0.29) is 5.02 Å². The number of aryl methyl sites for hydroxylation is 1. The second-order valence-electron chi connectivity index (χ2n) is 3.42. The van der Waals surface area contributed by atoms with Gasteiger partial charge in [0, 0.05) is 25.7 Å². The highest BCUT2D eigenvalue weighted by Crippen LogP contribution is 2.26. The van der Waals surface area contributed by atoms with Crippen LogP contribution in [-0.2, 0) is 7.05 Å². The first kappa shape index (κ1) is 11.0. The highest BCUT2D eigenvalue weighted by molar-refractivity contribution is 6.31. The molecular formula is C11H11ClFN3. The van der Waals surface area contributed by atoms with Gasteiger partial charge >= 0.3 is 0 Å². The summed E-state index contributed by atoms with van der Waals surface area (Å²) in [5.41, 5.74) is 1.72. The predicted octanol–water partition coefficient (Wildman–Crippen LogP) is 2.92. The molecule has 1 heterocycles. The summed E-state index contributed by atoms with van der Waals surface area (Å²) in [6.07, 6.45) is 0. The number of nitrogens with zero attached hydrogens (tertiary/aromatic N) is 2. The van der Waals surface area contributed by atoms with E-state index in [1.165, 1.54) is 6.07 Å². The van der Waals surface area contributed by atoms with Gasteiger partial charge < -0.3 is 5.32 Å². The van der Waals surface area contributed by atoms with E-state index in [0.717, 1.165) is 17.1 Å². The van der Waals surface area contributed by atoms with E-state index in [4.69, 9.17) is 11.6 Å². The van der Waals surface area contributed by atoms with Crippen LogP contribution in [0.5, 0.6) is 0 Å². The molecule has 0 unspecified atom stereocenters. The largest absolute Gasteiger partial charge is 0.372 e. The number of anilines is 1. The summed E-state index contributed by atoms with van der Waals surface area (Å²) in [6.45, 7) is 0. The number of halogens is 2. The molecule has 0 aliphatic heterocycles. The van der Waals surface area contributed by atoms with Gasteiger partial charge in [-0.2, -0.15) is 5.10 Å². The van der Waals surface area contributed by atoms with Crippen LogP contribution < -0.4 is 5.32 Å². The molecule has 5 heteroatoms. The van der Waals surface area contributed by atoms with Gasteiger partial charge in [0.05, 0.1) is 10.7 Å². The van der Waals surface area contributed by atoms with Gasteiger partial charge in [-0.1, -0.05) is 11.6 Å². The van der Waals surface area contributed by atoms with Crippen molar-refractivity contribution in [3.05, 3.63) is 35.1 Å². The lowest BCUT2D eigenvalue weighted by Crippen LogP contribution is -1.95. The molecule has 0 amide bonds.